The Morgan fingerprint density at radius 1 is 1.13 bits per heavy atom. The minimum atomic E-state index is -0.936. The van der Waals surface area contributed by atoms with E-state index in [9.17, 15) is 9.90 Å². The second-order valence-electron chi connectivity index (χ2n) is 5.70. The second-order valence-corrected chi connectivity index (χ2v) is 6.62. The number of aromatic hydroxyl groups is 1. The number of alkyl halides is 1. The van der Waals surface area contributed by atoms with E-state index in [1.165, 1.54) is 0 Å². The molecule has 0 bridgehead atoms. The summed E-state index contributed by atoms with van der Waals surface area (Å²) in [6.45, 7) is 5.85. The van der Waals surface area contributed by atoms with Crippen molar-refractivity contribution in [2.45, 2.75) is 31.5 Å². The van der Waals surface area contributed by atoms with Gasteiger partial charge in [-0.05, 0) is 48.2 Å². The van der Waals surface area contributed by atoms with Crippen molar-refractivity contribution in [3.63, 3.8) is 0 Å². The molecule has 0 amide bonds. The monoisotopic (exact) mass is 378 g/mol. The van der Waals surface area contributed by atoms with E-state index in [1.807, 2.05) is 26.8 Å². The van der Waals surface area contributed by atoms with Gasteiger partial charge < -0.3 is 14.9 Å². The molecule has 5 heteroatoms. The number of aryl methyl sites for hydroxylation is 1. The molecule has 0 aliphatic heterocycles. The SMILES string of the molecule is Cc1cc(Oc2ccc(C(Br)C(=O)O)cc2)cc(C(C)C)c1O. The fourth-order valence-corrected chi connectivity index (χ4v) is 2.56. The lowest BCUT2D eigenvalue weighted by molar-refractivity contribution is -0.136. The number of phenolic OH excluding ortho intramolecular Hbond substituents is 1. The molecular weight excluding hydrogens is 360 g/mol. The molecular formula is C18H19BrO4. The van der Waals surface area contributed by atoms with Crippen molar-refractivity contribution in [3.8, 4) is 17.2 Å². The van der Waals surface area contributed by atoms with Crippen LogP contribution in [0, 0.1) is 6.92 Å². The highest BCUT2D eigenvalue weighted by atomic mass is 79.9. The molecule has 2 rings (SSSR count). The predicted octanol–water partition coefficient (Wildman–Crippen LogP) is 5.14. The van der Waals surface area contributed by atoms with Crippen molar-refractivity contribution in [1.82, 2.24) is 0 Å². The van der Waals surface area contributed by atoms with E-state index in [0.717, 1.165) is 11.1 Å². The van der Waals surface area contributed by atoms with E-state index in [2.05, 4.69) is 15.9 Å². The first-order valence-corrected chi connectivity index (χ1v) is 8.19. The number of carboxylic acids is 1. The van der Waals surface area contributed by atoms with Gasteiger partial charge in [-0.25, -0.2) is 0 Å². The maximum Gasteiger partial charge on any atom is 0.321 e. The summed E-state index contributed by atoms with van der Waals surface area (Å²) >= 11 is 3.12. The average Bonchev–Trinajstić information content (AvgIpc) is 2.50. The number of aliphatic carboxylic acids is 1. The van der Waals surface area contributed by atoms with Crippen molar-refractivity contribution in [2.24, 2.45) is 0 Å². The van der Waals surface area contributed by atoms with Gasteiger partial charge in [-0.3, -0.25) is 4.79 Å². The number of rotatable bonds is 5. The molecule has 23 heavy (non-hydrogen) atoms. The van der Waals surface area contributed by atoms with Crippen LogP contribution in [-0.4, -0.2) is 16.2 Å². The number of halogens is 1. The van der Waals surface area contributed by atoms with Crippen LogP contribution >= 0.6 is 15.9 Å². The Balaban J connectivity index is 2.24. The molecule has 2 aromatic carbocycles. The smallest absolute Gasteiger partial charge is 0.321 e. The topological polar surface area (TPSA) is 66.8 Å². The highest BCUT2D eigenvalue weighted by Crippen LogP contribution is 2.35. The summed E-state index contributed by atoms with van der Waals surface area (Å²) in [4.78, 5) is 10.2. The lowest BCUT2D eigenvalue weighted by atomic mass is 9.99. The van der Waals surface area contributed by atoms with E-state index >= 15 is 0 Å². The molecule has 1 unspecified atom stereocenters. The Hall–Kier alpha value is -2.01. The average molecular weight is 379 g/mol. The number of hydrogen-bond donors (Lipinski definition) is 2. The van der Waals surface area contributed by atoms with Crippen LogP contribution in [0.15, 0.2) is 36.4 Å². The van der Waals surface area contributed by atoms with E-state index in [4.69, 9.17) is 9.84 Å². The van der Waals surface area contributed by atoms with Crippen molar-refractivity contribution in [1.29, 1.82) is 0 Å². The van der Waals surface area contributed by atoms with Gasteiger partial charge >= 0.3 is 5.97 Å². The van der Waals surface area contributed by atoms with Crippen LogP contribution in [-0.2, 0) is 4.79 Å². The zero-order chi connectivity index (χ0) is 17.1. The van der Waals surface area contributed by atoms with Crippen LogP contribution in [0.25, 0.3) is 0 Å². The van der Waals surface area contributed by atoms with Gasteiger partial charge in [-0.2, -0.15) is 0 Å². The van der Waals surface area contributed by atoms with Crippen molar-refractivity contribution < 1.29 is 19.7 Å². The molecule has 0 aromatic heterocycles. The third-order valence-electron chi connectivity index (χ3n) is 3.55. The normalized spacial score (nSPS) is 12.2. The summed E-state index contributed by atoms with van der Waals surface area (Å²) in [5.74, 6) is 0.800. The first-order valence-electron chi connectivity index (χ1n) is 7.27. The van der Waals surface area contributed by atoms with Crippen molar-refractivity contribution in [2.75, 3.05) is 0 Å². The number of carbonyl (C=O) groups is 1. The number of ether oxygens (including phenoxy) is 1. The van der Waals surface area contributed by atoms with Gasteiger partial charge in [-0.15, -0.1) is 0 Å². The molecule has 2 aromatic rings. The summed E-state index contributed by atoms with van der Waals surface area (Å²) in [5.41, 5.74) is 2.24. The van der Waals surface area contributed by atoms with Gasteiger partial charge in [0.05, 0.1) is 0 Å². The van der Waals surface area contributed by atoms with E-state index < -0.39 is 10.8 Å². The van der Waals surface area contributed by atoms with Crippen LogP contribution in [0.3, 0.4) is 0 Å². The maximum absolute atomic E-state index is 10.9. The molecule has 4 nitrogen and oxygen atoms in total. The Morgan fingerprint density at radius 3 is 2.26 bits per heavy atom. The van der Waals surface area contributed by atoms with E-state index in [0.29, 0.717) is 22.8 Å². The molecule has 1 atom stereocenters. The highest BCUT2D eigenvalue weighted by molar-refractivity contribution is 9.09. The van der Waals surface area contributed by atoms with Crippen LogP contribution < -0.4 is 4.74 Å². The number of hydrogen-bond acceptors (Lipinski definition) is 3. The number of phenols is 1. The van der Waals surface area contributed by atoms with Gasteiger partial charge in [0.2, 0.25) is 0 Å². The number of carboxylic acid groups (broad SMARTS) is 1. The third-order valence-corrected chi connectivity index (χ3v) is 4.47. The fraction of sp³-hybridized carbons (Fsp3) is 0.278. The van der Waals surface area contributed by atoms with Gasteiger partial charge in [0.1, 0.15) is 22.1 Å². The molecule has 0 aliphatic carbocycles. The fourth-order valence-electron chi connectivity index (χ4n) is 2.26. The Morgan fingerprint density at radius 2 is 1.74 bits per heavy atom. The summed E-state index contributed by atoms with van der Waals surface area (Å²) < 4.78 is 5.83. The van der Waals surface area contributed by atoms with Gasteiger partial charge in [0.25, 0.3) is 0 Å². The standard InChI is InChI=1S/C18H19BrO4/c1-10(2)15-9-14(8-11(3)17(15)20)23-13-6-4-12(5-7-13)16(19)18(21)22/h4-10,16,20H,1-3H3,(H,21,22). The van der Waals surface area contributed by atoms with Gasteiger partial charge in [0.15, 0.2) is 0 Å². The Labute approximate surface area is 143 Å². The van der Waals surface area contributed by atoms with Gasteiger partial charge in [-0.1, -0.05) is 41.9 Å². The van der Waals surface area contributed by atoms with E-state index in [1.54, 1.807) is 30.3 Å². The molecule has 0 saturated heterocycles. The van der Waals surface area contributed by atoms with Crippen LogP contribution in [0.5, 0.6) is 17.2 Å². The van der Waals surface area contributed by atoms with Crippen LogP contribution in [0.2, 0.25) is 0 Å². The predicted molar refractivity (Wildman–Crippen MR) is 92.8 cm³/mol. The molecule has 0 heterocycles. The highest BCUT2D eigenvalue weighted by Gasteiger charge is 2.16. The molecule has 0 spiro atoms. The summed E-state index contributed by atoms with van der Waals surface area (Å²) in [7, 11) is 0. The van der Waals surface area contributed by atoms with Crippen LogP contribution in [0.1, 0.15) is 41.3 Å². The van der Waals surface area contributed by atoms with E-state index in [-0.39, 0.29) is 5.92 Å². The lowest BCUT2D eigenvalue weighted by Crippen LogP contribution is -2.03. The Kier molecular flexibility index (Phi) is 5.31. The van der Waals surface area contributed by atoms with Crippen molar-refractivity contribution >= 4 is 21.9 Å². The first-order chi connectivity index (χ1) is 10.8. The molecule has 0 aliphatic rings. The zero-order valence-corrected chi connectivity index (χ0v) is 14.8. The number of benzene rings is 2. The summed E-state index contributed by atoms with van der Waals surface area (Å²) in [6.07, 6.45) is 0. The quantitative estimate of drug-likeness (QED) is 0.707. The largest absolute Gasteiger partial charge is 0.507 e. The molecule has 122 valence electrons. The zero-order valence-electron chi connectivity index (χ0n) is 13.2. The first kappa shape index (κ1) is 17.3. The summed E-state index contributed by atoms with van der Waals surface area (Å²) in [5, 5.41) is 19.1. The van der Waals surface area contributed by atoms with Crippen LogP contribution in [0.4, 0.5) is 0 Å². The Bertz CT molecular complexity index is 708. The molecule has 0 radical (unpaired) electrons. The van der Waals surface area contributed by atoms with Gasteiger partial charge in [0, 0.05) is 5.56 Å². The minimum absolute atomic E-state index is 0.185. The maximum atomic E-state index is 10.9. The molecule has 2 N–H and O–H groups in total. The third kappa shape index (κ3) is 4.05. The molecule has 0 saturated carbocycles. The lowest BCUT2D eigenvalue weighted by Gasteiger charge is -2.14. The minimum Gasteiger partial charge on any atom is -0.507 e. The molecule has 0 fully saturated rings. The summed E-state index contributed by atoms with van der Waals surface area (Å²) in [6, 6.07) is 10.5. The second kappa shape index (κ2) is 7.04. The van der Waals surface area contributed by atoms with Crippen molar-refractivity contribution in [3.05, 3.63) is 53.1 Å².